The zero-order valence-corrected chi connectivity index (χ0v) is 16.7. The summed E-state index contributed by atoms with van der Waals surface area (Å²) in [7, 11) is -3.71. The third-order valence-electron chi connectivity index (χ3n) is 4.23. The number of carbonyl (C=O) groups is 2. The maximum atomic E-state index is 12.9. The Balaban J connectivity index is 1.66. The van der Waals surface area contributed by atoms with Gasteiger partial charge in [0.1, 0.15) is 5.82 Å². The first-order chi connectivity index (χ1) is 13.3. The number of sulfone groups is 1. The van der Waals surface area contributed by atoms with E-state index in [9.17, 15) is 22.4 Å². The molecule has 0 bridgehead atoms. The monoisotopic (exact) mass is 422 g/mol. The standard InChI is InChI=1S/C19H19FN2O4S2/c1-2-16-19(24)22-15-11-14(7-8-17(15)27-16)28(25,26)10-9-18(23)21-13-5-3-12(20)4-6-13/h3-8,11,16H,2,9-10H2,1H3,(H,21,23)(H,22,24)/t16-/m1/s1. The second kappa shape index (κ2) is 8.32. The molecule has 0 spiro atoms. The van der Waals surface area contributed by atoms with Gasteiger partial charge in [0, 0.05) is 17.0 Å². The summed E-state index contributed by atoms with van der Waals surface area (Å²) in [5.41, 5.74) is 0.860. The van der Waals surface area contributed by atoms with Crippen molar-refractivity contribution in [2.45, 2.75) is 34.8 Å². The number of halogens is 1. The Labute approximate surface area is 166 Å². The third-order valence-corrected chi connectivity index (χ3v) is 7.38. The lowest BCUT2D eigenvalue weighted by molar-refractivity contribution is -0.116. The molecule has 0 fully saturated rings. The van der Waals surface area contributed by atoms with Gasteiger partial charge in [0.25, 0.3) is 0 Å². The summed E-state index contributed by atoms with van der Waals surface area (Å²) in [6.07, 6.45) is 0.439. The van der Waals surface area contributed by atoms with Crippen LogP contribution in [0.5, 0.6) is 0 Å². The molecular weight excluding hydrogens is 403 g/mol. The molecule has 2 N–H and O–H groups in total. The van der Waals surface area contributed by atoms with E-state index in [1.807, 2.05) is 6.92 Å². The largest absolute Gasteiger partial charge is 0.326 e. The third kappa shape index (κ3) is 4.71. The highest BCUT2D eigenvalue weighted by Crippen LogP contribution is 2.38. The molecule has 0 unspecified atom stereocenters. The average molecular weight is 423 g/mol. The second-order valence-electron chi connectivity index (χ2n) is 6.29. The van der Waals surface area contributed by atoms with Crippen LogP contribution in [0.1, 0.15) is 19.8 Å². The highest BCUT2D eigenvalue weighted by molar-refractivity contribution is 8.01. The molecule has 2 aromatic rings. The van der Waals surface area contributed by atoms with Crippen LogP contribution < -0.4 is 10.6 Å². The lowest BCUT2D eigenvalue weighted by Gasteiger charge is -2.23. The van der Waals surface area contributed by atoms with Gasteiger partial charge in [-0.05, 0) is 48.9 Å². The van der Waals surface area contributed by atoms with Crippen molar-refractivity contribution in [3.8, 4) is 0 Å². The number of hydrogen-bond donors (Lipinski definition) is 2. The molecule has 1 aliphatic heterocycles. The van der Waals surface area contributed by atoms with Crippen molar-refractivity contribution >= 4 is 44.8 Å². The second-order valence-corrected chi connectivity index (χ2v) is 9.64. The van der Waals surface area contributed by atoms with E-state index in [2.05, 4.69) is 10.6 Å². The van der Waals surface area contributed by atoms with Gasteiger partial charge in [0.05, 0.1) is 21.6 Å². The fourth-order valence-electron chi connectivity index (χ4n) is 2.69. The summed E-state index contributed by atoms with van der Waals surface area (Å²) in [5, 5.41) is 5.08. The topological polar surface area (TPSA) is 92.3 Å². The predicted molar refractivity (Wildman–Crippen MR) is 107 cm³/mol. The Morgan fingerprint density at radius 2 is 1.93 bits per heavy atom. The minimum absolute atomic E-state index is 0.0525. The first-order valence-corrected chi connectivity index (χ1v) is 11.2. The zero-order valence-electron chi connectivity index (χ0n) is 15.1. The normalized spacial score (nSPS) is 16.2. The Morgan fingerprint density at radius 1 is 1.21 bits per heavy atom. The van der Waals surface area contributed by atoms with E-state index in [1.54, 1.807) is 6.07 Å². The molecule has 148 valence electrons. The summed E-state index contributed by atoms with van der Waals surface area (Å²) in [6, 6.07) is 9.80. The van der Waals surface area contributed by atoms with Crippen molar-refractivity contribution in [2.24, 2.45) is 0 Å². The fourth-order valence-corrected chi connectivity index (χ4v) is 4.98. The molecule has 0 aromatic heterocycles. The van der Waals surface area contributed by atoms with Crippen LogP contribution in [-0.2, 0) is 19.4 Å². The van der Waals surface area contributed by atoms with Crippen LogP contribution in [0.25, 0.3) is 0 Å². The molecule has 28 heavy (non-hydrogen) atoms. The lowest BCUT2D eigenvalue weighted by Crippen LogP contribution is -2.28. The highest BCUT2D eigenvalue weighted by atomic mass is 32.2. The summed E-state index contributed by atoms with van der Waals surface area (Å²) in [6.45, 7) is 1.91. The Morgan fingerprint density at radius 3 is 2.61 bits per heavy atom. The number of rotatable bonds is 6. The van der Waals surface area contributed by atoms with E-state index in [4.69, 9.17) is 0 Å². The molecule has 0 saturated carbocycles. The number of anilines is 2. The van der Waals surface area contributed by atoms with Gasteiger partial charge in [-0.3, -0.25) is 9.59 Å². The molecule has 1 atom stereocenters. The minimum Gasteiger partial charge on any atom is -0.326 e. The molecule has 0 radical (unpaired) electrons. The number of thioether (sulfide) groups is 1. The van der Waals surface area contributed by atoms with Crippen molar-refractivity contribution in [1.82, 2.24) is 0 Å². The summed E-state index contributed by atoms with van der Waals surface area (Å²) in [4.78, 5) is 24.9. The number of carbonyl (C=O) groups excluding carboxylic acids is 2. The van der Waals surface area contributed by atoms with E-state index in [-0.39, 0.29) is 28.2 Å². The van der Waals surface area contributed by atoms with E-state index >= 15 is 0 Å². The molecule has 1 heterocycles. The molecule has 3 rings (SSSR count). The van der Waals surface area contributed by atoms with Crippen molar-refractivity contribution < 1.29 is 22.4 Å². The molecule has 0 saturated heterocycles. The van der Waals surface area contributed by atoms with Crippen molar-refractivity contribution in [3.05, 3.63) is 48.3 Å². The highest BCUT2D eigenvalue weighted by Gasteiger charge is 2.27. The number of amides is 2. The smallest absolute Gasteiger partial charge is 0.237 e. The Hall–Kier alpha value is -2.39. The molecule has 6 nitrogen and oxygen atoms in total. The van der Waals surface area contributed by atoms with Crippen LogP contribution in [0.15, 0.2) is 52.3 Å². The minimum atomic E-state index is -3.71. The Bertz CT molecular complexity index is 1010. The van der Waals surface area contributed by atoms with E-state index in [0.717, 1.165) is 4.90 Å². The lowest BCUT2D eigenvalue weighted by atomic mass is 10.2. The van der Waals surface area contributed by atoms with Crippen LogP contribution >= 0.6 is 11.8 Å². The SMILES string of the molecule is CC[C@H]1Sc2ccc(S(=O)(=O)CCC(=O)Nc3ccc(F)cc3)cc2NC1=O. The van der Waals surface area contributed by atoms with Crippen LogP contribution in [0, 0.1) is 5.82 Å². The maximum absolute atomic E-state index is 12.9. The Kier molecular flexibility index (Phi) is 6.04. The number of hydrogen-bond acceptors (Lipinski definition) is 5. The molecule has 1 aliphatic rings. The zero-order chi connectivity index (χ0) is 20.3. The van der Waals surface area contributed by atoms with Gasteiger partial charge >= 0.3 is 0 Å². The summed E-state index contributed by atoms with van der Waals surface area (Å²) < 4.78 is 38.0. The van der Waals surface area contributed by atoms with E-state index < -0.39 is 21.6 Å². The fraction of sp³-hybridized carbons (Fsp3) is 0.263. The van der Waals surface area contributed by atoms with Gasteiger partial charge in [0.2, 0.25) is 11.8 Å². The van der Waals surface area contributed by atoms with Gasteiger partial charge in [-0.2, -0.15) is 0 Å². The first-order valence-electron chi connectivity index (χ1n) is 8.68. The van der Waals surface area contributed by atoms with Crippen molar-refractivity contribution in [3.63, 3.8) is 0 Å². The maximum Gasteiger partial charge on any atom is 0.237 e. The van der Waals surface area contributed by atoms with Gasteiger partial charge < -0.3 is 10.6 Å². The van der Waals surface area contributed by atoms with Crippen molar-refractivity contribution in [2.75, 3.05) is 16.4 Å². The summed E-state index contributed by atoms with van der Waals surface area (Å²) >= 11 is 1.41. The molecule has 0 aliphatic carbocycles. The molecular formula is C19H19FN2O4S2. The van der Waals surface area contributed by atoms with Gasteiger partial charge in [-0.25, -0.2) is 12.8 Å². The molecule has 2 aromatic carbocycles. The predicted octanol–water partition coefficient (Wildman–Crippen LogP) is 3.45. The van der Waals surface area contributed by atoms with Gasteiger partial charge in [-0.1, -0.05) is 6.92 Å². The number of nitrogens with one attached hydrogen (secondary N) is 2. The van der Waals surface area contributed by atoms with E-state index in [0.29, 0.717) is 17.8 Å². The van der Waals surface area contributed by atoms with Gasteiger partial charge in [-0.15, -0.1) is 11.8 Å². The average Bonchev–Trinajstić information content (AvgIpc) is 2.67. The van der Waals surface area contributed by atoms with Crippen molar-refractivity contribution in [1.29, 1.82) is 0 Å². The molecule has 9 heteroatoms. The van der Waals surface area contributed by atoms with Crippen LogP contribution in [0.4, 0.5) is 15.8 Å². The molecule has 2 amide bonds. The quantitative estimate of drug-likeness (QED) is 0.744. The van der Waals surface area contributed by atoms with Crippen LogP contribution in [0.3, 0.4) is 0 Å². The van der Waals surface area contributed by atoms with E-state index in [1.165, 1.54) is 48.2 Å². The number of benzene rings is 2. The van der Waals surface area contributed by atoms with Crippen LogP contribution in [-0.4, -0.2) is 31.2 Å². The number of fused-ring (bicyclic) bond motifs is 1. The summed E-state index contributed by atoms with van der Waals surface area (Å²) in [5.74, 6) is -1.43. The van der Waals surface area contributed by atoms with Gasteiger partial charge in [0.15, 0.2) is 9.84 Å². The first kappa shape index (κ1) is 20.3. The van der Waals surface area contributed by atoms with Crippen LogP contribution in [0.2, 0.25) is 0 Å².